The van der Waals surface area contributed by atoms with Crippen molar-refractivity contribution in [1.82, 2.24) is 0 Å². The number of anilines is 6. The summed E-state index contributed by atoms with van der Waals surface area (Å²) in [7, 11) is 0. The van der Waals surface area contributed by atoms with Gasteiger partial charge in [-0.15, -0.1) is 0 Å². The van der Waals surface area contributed by atoms with Crippen molar-refractivity contribution in [2.24, 2.45) is 0 Å². The molecule has 0 unspecified atom stereocenters. The average molecular weight is 749 g/mol. The normalized spacial score (nSPS) is 13.1. The third-order valence-electron chi connectivity index (χ3n) is 11.5. The highest BCUT2D eigenvalue weighted by molar-refractivity contribution is 8.00. The second kappa shape index (κ2) is 12.6. The van der Waals surface area contributed by atoms with Crippen LogP contribution >= 0.6 is 11.8 Å². The van der Waals surface area contributed by atoms with E-state index in [2.05, 4.69) is 199 Å². The molecule has 0 fully saturated rings. The maximum Gasteiger partial charge on any atom is 0.262 e. The number of hydrogen-bond acceptors (Lipinski definition) is 5. The Hall–Kier alpha value is -6.89. The smallest absolute Gasteiger partial charge is 0.262 e. The minimum atomic E-state index is -0.151. The number of hydrogen-bond donors (Lipinski definition) is 0. The fourth-order valence-corrected chi connectivity index (χ4v) is 10.4. The van der Waals surface area contributed by atoms with E-state index in [1.165, 1.54) is 21.1 Å². The zero-order valence-electron chi connectivity index (χ0n) is 31.0. The molecular weight excluding hydrogens is 715 g/mol. The Kier molecular flexibility index (Phi) is 7.14. The number of para-hydroxylation sites is 4. The molecule has 0 bridgehead atoms. The van der Waals surface area contributed by atoms with Crippen LogP contribution in [0.2, 0.25) is 0 Å². The summed E-state index contributed by atoms with van der Waals surface area (Å²) in [5, 5.41) is 4.66. The lowest BCUT2D eigenvalue weighted by Crippen LogP contribution is -2.58. The molecule has 3 heterocycles. The summed E-state index contributed by atoms with van der Waals surface area (Å²) >= 11 is 1.81. The molecule has 0 saturated heterocycles. The maximum atomic E-state index is 7.28. The fraction of sp³-hybridized carbons (Fsp3) is 0.0196. The largest absolute Gasteiger partial charge is 0.458 e. The molecule has 12 rings (SSSR count). The lowest BCUT2D eigenvalue weighted by molar-refractivity contribution is 0.458. The van der Waals surface area contributed by atoms with Gasteiger partial charge in [0.1, 0.15) is 23.0 Å². The molecule has 9 aromatic rings. The van der Waals surface area contributed by atoms with Crippen LogP contribution < -0.4 is 35.7 Å². The first-order chi connectivity index (χ1) is 28.2. The molecule has 9 aromatic carbocycles. The van der Waals surface area contributed by atoms with Crippen LogP contribution in [0.4, 0.5) is 34.1 Å². The predicted octanol–water partition coefficient (Wildman–Crippen LogP) is 12.4. The summed E-state index contributed by atoms with van der Waals surface area (Å²) in [5.74, 6) is 3.45. The highest BCUT2D eigenvalue weighted by atomic mass is 32.2. The van der Waals surface area contributed by atoms with Gasteiger partial charge in [0.05, 0.1) is 22.0 Å². The molecule has 3 aliphatic rings. The summed E-state index contributed by atoms with van der Waals surface area (Å²) in [6.07, 6.45) is 0. The highest BCUT2D eigenvalue weighted by Gasteiger charge is 2.45. The first kappa shape index (κ1) is 32.4. The Morgan fingerprint density at radius 2 is 1.05 bits per heavy atom. The van der Waals surface area contributed by atoms with Gasteiger partial charge >= 0.3 is 0 Å². The predicted molar refractivity (Wildman–Crippen MR) is 237 cm³/mol. The molecule has 4 nitrogen and oxygen atoms in total. The minimum Gasteiger partial charge on any atom is -0.458 e. The van der Waals surface area contributed by atoms with Crippen molar-refractivity contribution < 1.29 is 9.47 Å². The SMILES string of the molecule is Cc1cc2c3c(c1)Oc1c4c(c5ccccc5c1B3c1c(cc(N(c3ccccc3)c3ccccc3)c3ccccc13)O2)N(c1ccccc1)c1ccccc1S4. The Morgan fingerprint density at radius 3 is 1.75 bits per heavy atom. The number of fused-ring (bicyclic) bond motifs is 12. The zero-order chi connectivity index (χ0) is 37.6. The molecule has 6 heteroatoms. The summed E-state index contributed by atoms with van der Waals surface area (Å²) in [5.41, 5.74) is 11.1. The highest BCUT2D eigenvalue weighted by Crippen LogP contribution is 2.58. The van der Waals surface area contributed by atoms with E-state index in [4.69, 9.17) is 9.47 Å². The van der Waals surface area contributed by atoms with E-state index in [0.29, 0.717) is 0 Å². The molecule has 0 N–H and O–H groups in total. The van der Waals surface area contributed by atoms with E-state index in [-0.39, 0.29) is 6.71 Å². The van der Waals surface area contributed by atoms with Crippen molar-refractivity contribution in [1.29, 1.82) is 0 Å². The molecule has 0 aliphatic carbocycles. The Balaban J connectivity index is 1.18. The fourth-order valence-electron chi connectivity index (χ4n) is 9.26. The van der Waals surface area contributed by atoms with Crippen molar-refractivity contribution >= 4 is 90.5 Å². The molecule has 0 spiro atoms. The van der Waals surface area contributed by atoms with Crippen LogP contribution in [0.15, 0.2) is 192 Å². The van der Waals surface area contributed by atoms with E-state index in [1.807, 2.05) is 0 Å². The van der Waals surface area contributed by atoms with Crippen LogP contribution in [0, 0.1) is 6.92 Å². The number of nitrogens with zero attached hydrogens (tertiary/aromatic N) is 2. The van der Waals surface area contributed by atoms with Gasteiger partial charge in [-0.25, -0.2) is 0 Å². The Morgan fingerprint density at radius 1 is 0.509 bits per heavy atom. The van der Waals surface area contributed by atoms with Gasteiger partial charge in [-0.1, -0.05) is 127 Å². The van der Waals surface area contributed by atoms with Crippen molar-refractivity contribution in [2.45, 2.75) is 16.7 Å². The topological polar surface area (TPSA) is 24.9 Å². The molecule has 57 heavy (non-hydrogen) atoms. The van der Waals surface area contributed by atoms with Crippen molar-refractivity contribution in [3.63, 3.8) is 0 Å². The summed E-state index contributed by atoms with van der Waals surface area (Å²) < 4.78 is 14.4. The third-order valence-corrected chi connectivity index (χ3v) is 12.7. The van der Waals surface area contributed by atoms with Gasteiger partial charge in [0.2, 0.25) is 0 Å². The second-order valence-corrected chi connectivity index (χ2v) is 15.9. The summed E-state index contributed by atoms with van der Waals surface area (Å²) in [6.45, 7) is 1.97. The molecule has 0 radical (unpaired) electrons. The first-order valence-electron chi connectivity index (χ1n) is 19.4. The number of benzene rings is 9. The van der Waals surface area contributed by atoms with E-state index in [0.717, 1.165) is 89.3 Å². The number of ether oxygens (including phenoxy) is 2. The lowest BCUT2D eigenvalue weighted by atomic mass is 9.33. The van der Waals surface area contributed by atoms with Crippen LogP contribution in [0.25, 0.3) is 21.5 Å². The molecule has 0 atom stereocenters. The van der Waals surface area contributed by atoms with Crippen LogP contribution in [0.5, 0.6) is 23.0 Å². The van der Waals surface area contributed by atoms with Crippen LogP contribution in [0.3, 0.4) is 0 Å². The van der Waals surface area contributed by atoms with E-state index in [1.54, 1.807) is 11.8 Å². The van der Waals surface area contributed by atoms with Gasteiger partial charge in [0, 0.05) is 44.3 Å². The lowest BCUT2D eigenvalue weighted by Gasteiger charge is -2.40. The van der Waals surface area contributed by atoms with Gasteiger partial charge in [0.25, 0.3) is 6.71 Å². The van der Waals surface area contributed by atoms with E-state index >= 15 is 0 Å². The average Bonchev–Trinajstić information content (AvgIpc) is 3.26. The van der Waals surface area contributed by atoms with Gasteiger partial charge in [0.15, 0.2) is 0 Å². The third kappa shape index (κ3) is 4.84. The Bertz CT molecular complexity index is 3040. The van der Waals surface area contributed by atoms with Crippen LogP contribution in [-0.2, 0) is 0 Å². The van der Waals surface area contributed by atoms with Gasteiger partial charge < -0.3 is 19.3 Å². The van der Waals surface area contributed by atoms with Crippen molar-refractivity contribution in [3.05, 3.63) is 188 Å². The molecule has 0 aromatic heterocycles. The standard InChI is InChI=1S/C51H33BN2O2S/c1-32-29-42-48-43(30-32)56-50-47(38-25-13-14-26-39(38)49-51(50)57-45-28-16-15-27-40(45)54(49)35-21-9-4-10-22-35)52(48)46-37-24-12-11-23-36(37)41(31-44(46)55-42)53(33-17-5-2-6-18-33)34-19-7-3-8-20-34/h2-31H,1H3. The molecular formula is C51H33BN2O2S. The quantitative estimate of drug-likeness (QED) is 0.167. The van der Waals surface area contributed by atoms with Crippen molar-refractivity contribution in [2.75, 3.05) is 9.80 Å². The van der Waals surface area contributed by atoms with Gasteiger partial charge in [-0.2, -0.15) is 0 Å². The van der Waals surface area contributed by atoms with Crippen molar-refractivity contribution in [3.8, 4) is 23.0 Å². The van der Waals surface area contributed by atoms with E-state index < -0.39 is 0 Å². The number of rotatable bonds is 4. The second-order valence-electron chi connectivity index (χ2n) is 14.9. The monoisotopic (exact) mass is 748 g/mol. The molecule has 3 aliphatic heterocycles. The molecule has 0 amide bonds. The Labute approximate surface area is 335 Å². The molecule has 0 saturated carbocycles. The van der Waals surface area contributed by atoms with E-state index in [9.17, 15) is 0 Å². The minimum absolute atomic E-state index is 0.151. The van der Waals surface area contributed by atoms with Crippen LogP contribution in [-0.4, -0.2) is 6.71 Å². The van der Waals surface area contributed by atoms with Gasteiger partial charge in [-0.05, 0) is 94.8 Å². The first-order valence-corrected chi connectivity index (χ1v) is 20.2. The molecule has 268 valence electrons. The summed E-state index contributed by atoms with van der Waals surface area (Å²) in [4.78, 5) is 7.08. The summed E-state index contributed by atoms with van der Waals surface area (Å²) in [6, 6.07) is 65.0. The van der Waals surface area contributed by atoms with Gasteiger partial charge in [-0.3, -0.25) is 0 Å². The number of aryl methyl sites for hydroxylation is 1. The zero-order valence-corrected chi connectivity index (χ0v) is 31.8. The maximum absolute atomic E-state index is 7.28. The van der Waals surface area contributed by atoms with Crippen LogP contribution in [0.1, 0.15) is 5.56 Å².